The molecule has 104 valence electrons. The van der Waals surface area contributed by atoms with Gasteiger partial charge in [-0.25, -0.2) is 0 Å². The molecule has 0 amide bonds. The molecule has 0 aliphatic carbocycles. The maximum atomic E-state index is 10.8. The van der Waals surface area contributed by atoms with Gasteiger partial charge in [0, 0.05) is 16.7 Å². The zero-order valence-electron chi connectivity index (χ0n) is 11.1. The lowest BCUT2D eigenvalue weighted by Crippen LogP contribution is -2.02. The van der Waals surface area contributed by atoms with Crippen LogP contribution in [0.2, 0.25) is 0 Å². The molecule has 5 heteroatoms. The molecule has 0 aliphatic rings. The van der Waals surface area contributed by atoms with Crippen molar-refractivity contribution in [1.29, 1.82) is 0 Å². The van der Waals surface area contributed by atoms with E-state index in [1.54, 1.807) is 30.0 Å². The molecular formula is C15H15NO3S. The number of aryl methyl sites for hydroxylation is 1. The van der Waals surface area contributed by atoms with Crippen molar-refractivity contribution in [2.45, 2.75) is 11.8 Å². The molecule has 0 saturated carbocycles. The molecule has 2 aromatic rings. The molecule has 0 unspecified atom stereocenters. The fourth-order valence-corrected chi connectivity index (χ4v) is 2.41. The molecule has 0 radical (unpaired) electrons. The topological polar surface area (TPSA) is 52.4 Å². The molecule has 2 aromatic carbocycles. The van der Waals surface area contributed by atoms with E-state index in [0.717, 1.165) is 5.75 Å². The molecule has 0 bridgehead atoms. The Morgan fingerprint density at radius 1 is 1.15 bits per heavy atom. The summed E-state index contributed by atoms with van der Waals surface area (Å²) in [6.07, 6.45) is 0. The van der Waals surface area contributed by atoms with Crippen molar-refractivity contribution in [1.82, 2.24) is 0 Å². The molecule has 2 rings (SSSR count). The molecule has 0 atom stereocenters. The SMILES string of the molecule is Cc1ccc(SCCOc2ccccc2[N+](=O)[O-])cc1. The van der Waals surface area contributed by atoms with Crippen molar-refractivity contribution in [3.8, 4) is 5.75 Å². The Labute approximate surface area is 121 Å². The van der Waals surface area contributed by atoms with E-state index < -0.39 is 4.92 Å². The van der Waals surface area contributed by atoms with E-state index in [1.165, 1.54) is 16.5 Å². The third-order valence-electron chi connectivity index (χ3n) is 2.69. The van der Waals surface area contributed by atoms with E-state index in [2.05, 4.69) is 24.3 Å². The standard InChI is InChI=1S/C15H15NO3S/c1-12-6-8-13(9-7-12)20-11-10-19-15-5-3-2-4-14(15)16(17)18/h2-9H,10-11H2,1H3. The fourth-order valence-electron chi connectivity index (χ4n) is 1.68. The number of nitro benzene ring substituents is 1. The second-order valence-electron chi connectivity index (χ2n) is 4.23. The number of hydrogen-bond acceptors (Lipinski definition) is 4. The van der Waals surface area contributed by atoms with E-state index in [9.17, 15) is 10.1 Å². The average molecular weight is 289 g/mol. The van der Waals surface area contributed by atoms with Gasteiger partial charge in [-0.15, -0.1) is 11.8 Å². The number of thioether (sulfide) groups is 1. The third kappa shape index (κ3) is 3.99. The Kier molecular flexibility index (Phi) is 5.01. The maximum absolute atomic E-state index is 10.8. The lowest BCUT2D eigenvalue weighted by atomic mass is 10.2. The third-order valence-corrected chi connectivity index (χ3v) is 3.67. The highest BCUT2D eigenvalue weighted by molar-refractivity contribution is 7.99. The van der Waals surface area contributed by atoms with Gasteiger partial charge in [0.05, 0.1) is 11.5 Å². The van der Waals surface area contributed by atoms with E-state index in [0.29, 0.717) is 12.4 Å². The highest BCUT2D eigenvalue weighted by Gasteiger charge is 2.13. The summed E-state index contributed by atoms with van der Waals surface area (Å²) in [5.74, 6) is 1.07. The first-order chi connectivity index (χ1) is 9.66. The molecule has 20 heavy (non-hydrogen) atoms. The Hall–Kier alpha value is -2.01. The predicted molar refractivity (Wildman–Crippen MR) is 80.5 cm³/mol. The minimum absolute atomic E-state index is 0.00726. The van der Waals surface area contributed by atoms with Gasteiger partial charge >= 0.3 is 5.69 Å². The summed E-state index contributed by atoms with van der Waals surface area (Å²) in [4.78, 5) is 11.6. The van der Waals surface area contributed by atoms with Crippen LogP contribution in [0.15, 0.2) is 53.4 Å². The molecule has 0 aliphatic heterocycles. The van der Waals surface area contributed by atoms with Gasteiger partial charge in [0.25, 0.3) is 0 Å². The number of benzene rings is 2. The van der Waals surface area contributed by atoms with Gasteiger partial charge in [-0.05, 0) is 25.1 Å². The first-order valence-electron chi connectivity index (χ1n) is 6.22. The predicted octanol–water partition coefficient (Wildman–Crippen LogP) is 4.07. The number of rotatable bonds is 6. The summed E-state index contributed by atoms with van der Waals surface area (Å²) in [5.41, 5.74) is 1.23. The van der Waals surface area contributed by atoms with Crippen LogP contribution in [0.25, 0.3) is 0 Å². The van der Waals surface area contributed by atoms with E-state index in [4.69, 9.17) is 4.74 Å². The summed E-state index contributed by atoms with van der Waals surface area (Å²) >= 11 is 1.67. The maximum Gasteiger partial charge on any atom is 0.310 e. The quantitative estimate of drug-likeness (QED) is 0.348. The molecule has 4 nitrogen and oxygen atoms in total. The largest absolute Gasteiger partial charge is 0.486 e. The number of ether oxygens (including phenoxy) is 1. The van der Waals surface area contributed by atoms with Gasteiger partial charge in [-0.2, -0.15) is 0 Å². The molecule has 0 heterocycles. The molecule has 0 saturated heterocycles. The molecule has 0 fully saturated rings. The van der Waals surface area contributed by atoms with Crippen molar-refractivity contribution >= 4 is 17.4 Å². The van der Waals surface area contributed by atoms with Gasteiger partial charge < -0.3 is 4.74 Å². The lowest BCUT2D eigenvalue weighted by molar-refractivity contribution is -0.385. The summed E-state index contributed by atoms with van der Waals surface area (Å²) in [6, 6.07) is 14.7. The van der Waals surface area contributed by atoms with Crippen LogP contribution < -0.4 is 4.74 Å². The average Bonchev–Trinajstić information content (AvgIpc) is 2.46. The van der Waals surface area contributed by atoms with Gasteiger partial charge in [-0.3, -0.25) is 10.1 Å². The number of hydrogen-bond donors (Lipinski definition) is 0. The van der Waals surface area contributed by atoms with Crippen LogP contribution in [0, 0.1) is 17.0 Å². The first kappa shape index (κ1) is 14.4. The highest BCUT2D eigenvalue weighted by atomic mass is 32.2. The highest BCUT2D eigenvalue weighted by Crippen LogP contribution is 2.26. The Morgan fingerprint density at radius 2 is 1.85 bits per heavy atom. The van der Waals surface area contributed by atoms with Crippen LogP contribution in [0.1, 0.15) is 5.56 Å². The minimum Gasteiger partial charge on any atom is -0.486 e. The zero-order chi connectivity index (χ0) is 14.4. The van der Waals surface area contributed by atoms with Gasteiger partial charge in [0.1, 0.15) is 0 Å². The Balaban J connectivity index is 1.84. The molecular weight excluding hydrogens is 274 g/mol. The van der Waals surface area contributed by atoms with E-state index in [1.807, 2.05) is 6.92 Å². The zero-order valence-corrected chi connectivity index (χ0v) is 11.9. The molecule has 0 spiro atoms. The van der Waals surface area contributed by atoms with Crippen LogP contribution in [-0.4, -0.2) is 17.3 Å². The number of para-hydroxylation sites is 2. The summed E-state index contributed by atoms with van der Waals surface area (Å²) in [7, 11) is 0. The second kappa shape index (κ2) is 6.96. The molecule has 0 N–H and O–H groups in total. The number of nitrogens with zero attached hydrogens (tertiary/aromatic N) is 1. The summed E-state index contributed by atoms with van der Waals surface area (Å²) in [6.45, 7) is 2.48. The Bertz CT molecular complexity index is 584. The van der Waals surface area contributed by atoms with Gasteiger partial charge in [0.2, 0.25) is 0 Å². The van der Waals surface area contributed by atoms with Crippen molar-refractivity contribution < 1.29 is 9.66 Å². The van der Waals surface area contributed by atoms with Crippen LogP contribution in [-0.2, 0) is 0 Å². The monoisotopic (exact) mass is 289 g/mol. The van der Waals surface area contributed by atoms with Crippen molar-refractivity contribution in [2.24, 2.45) is 0 Å². The van der Waals surface area contributed by atoms with E-state index >= 15 is 0 Å². The lowest BCUT2D eigenvalue weighted by Gasteiger charge is -2.06. The second-order valence-corrected chi connectivity index (χ2v) is 5.40. The Morgan fingerprint density at radius 3 is 2.55 bits per heavy atom. The van der Waals surface area contributed by atoms with Gasteiger partial charge in [-0.1, -0.05) is 29.8 Å². The normalized spacial score (nSPS) is 10.2. The van der Waals surface area contributed by atoms with Crippen LogP contribution in [0.4, 0.5) is 5.69 Å². The van der Waals surface area contributed by atoms with Crippen LogP contribution >= 0.6 is 11.8 Å². The van der Waals surface area contributed by atoms with Crippen molar-refractivity contribution in [2.75, 3.05) is 12.4 Å². The molecule has 0 aromatic heterocycles. The number of nitro groups is 1. The van der Waals surface area contributed by atoms with E-state index in [-0.39, 0.29) is 5.69 Å². The first-order valence-corrected chi connectivity index (χ1v) is 7.21. The smallest absolute Gasteiger partial charge is 0.310 e. The van der Waals surface area contributed by atoms with Crippen LogP contribution in [0.5, 0.6) is 5.75 Å². The van der Waals surface area contributed by atoms with Gasteiger partial charge in [0.15, 0.2) is 5.75 Å². The minimum atomic E-state index is -0.428. The summed E-state index contributed by atoms with van der Waals surface area (Å²) < 4.78 is 5.48. The van der Waals surface area contributed by atoms with Crippen molar-refractivity contribution in [3.05, 3.63) is 64.2 Å². The van der Waals surface area contributed by atoms with Crippen molar-refractivity contribution in [3.63, 3.8) is 0 Å². The van der Waals surface area contributed by atoms with Crippen LogP contribution in [0.3, 0.4) is 0 Å². The fraction of sp³-hybridized carbons (Fsp3) is 0.200. The summed E-state index contributed by atoms with van der Waals surface area (Å²) in [5, 5.41) is 10.8.